The maximum Gasteiger partial charge on any atom is 0.315 e. The molecule has 2 amide bonds. The molecule has 2 aromatic rings. The maximum absolute atomic E-state index is 12.8. The van der Waals surface area contributed by atoms with Gasteiger partial charge in [0.15, 0.2) is 0 Å². The molecule has 3 nitrogen and oxygen atoms in total. The van der Waals surface area contributed by atoms with Gasteiger partial charge in [0.2, 0.25) is 0 Å². The lowest BCUT2D eigenvalue weighted by atomic mass is 10.1. The fourth-order valence-corrected chi connectivity index (χ4v) is 2.31. The first-order valence-corrected chi connectivity index (χ1v) is 7.38. The highest BCUT2D eigenvalue weighted by atomic mass is 79.9. The van der Waals surface area contributed by atoms with Crippen LogP contribution in [0.5, 0.6) is 0 Å². The number of carbonyl (C=O) groups excluding carboxylic acids is 1. The molecule has 0 saturated heterocycles. The summed E-state index contributed by atoms with van der Waals surface area (Å²) in [6, 6.07) is 13.5. The van der Waals surface area contributed by atoms with Crippen LogP contribution in [0.1, 0.15) is 24.1 Å². The average Bonchev–Trinajstić information content (AvgIpc) is 2.46. The van der Waals surface area contributed by atoms with Crippen LogP contribution in [0.3, 0.4) is 0 Å². The zero-order valence-corrected chi connectivity index (χ0v) is 13.2. The van der Waals surface area contributed by atoms with E-state index >= 15 is 0 Å². The maximum atomic E-state index is 12.8. The van der Waals surface area contributed by atoms with Crippen LogP contribution >= 0.6 is 15.9 Å². The van der Waals surface area contributed by atoms with Crippen LogP contribution in [-0.4, -0.2) is 6.03 Å². The number of rotatable bonds is 4. The summed E-state index contributed by atoms with van der Waals surface area (Å²) >= 11 is 3.40. The lowest BCUT2D eigenvalue weighted by Crippen LogP contribution is -2.36. The zero-order valence-electron chi connectivity index (χ0n) is 11.6. The Labute approximate surface area is 131 Å². The quantitative estimate of drug-likeness (QED) is 0.854. The second-order valence-corrected chi connectivity index (χ2v) is 5.65. The van der Waals surface area contributed by atoms with Gasteiger partial charge in [-0.05, 0) is 42.3 Å². The number of nitrogens with one attached hydrogen (secondary N) is 2. The normalized spacial score (nSPS) is 11.8. The predicted octanol–water partition coefficient (Wildman–Crippen LogP) is 4.15. The van der Waals surface area contributed by atoms with Crippen molar-refractivity contribution in [1.29, 1.82) is 0 Å². The number of benzene rings is 2. The van der Waals surface area contributed by atoms with Gasteiger partial charge in [-0.25, -0.2) is 9.18 Å². The molecule has 2 aromatic carbocycles. The summed E-state index contributed by atoms with van der Waals surface area (Å²) in [5.41, 5.74) is 1.86. The second-order valence-electron chi connectivity index (χ2n) is 4.73. The minimum Gasteiger partial charge on any atom is -0.334 e. The van der Waals surface area contributed by atoms with Crippen molar-refractivity contribution in [2.45, 2.75) is 19.5 Å². The molecule has 0 radical (unpaired) electrons. The molecule has 1 unspecified atom stereocenters. The van der Waals surface area contributed by atoms with E-state index in [1.807, 2.05) is 31.2 Å². The number of halogens is 2. The number of carbonyl (C=O) groups is 1. The largest absolute Gasteiger partial charge is 0.334 e. The van der Waals surface area contributed by atoms with Gasteiger partial charge in [-0.1, -0.05) is 40.2 Å². The van der Waals surface area contributed by atoms with Crippen molar-refractivity contribution in [2.75, 3.05) is 0 Å². The minimum atomic E-state index is -0.286. The van der Waals surface area contributed by atoms with E-state index in [-0.39, 0.29) is 17.9 Å². The predicted molar refractivity (Wildman–Crippen MR) is 84.3 cm³/mol. The molecular weight excluding hydrogens is 335 g/mol. The monoisotopic (exact) mass is 350 g/mol. The summed E-state index contributed by atoms with van der Waals surface area (Å²) in [4.78, 5) is 11.8. The van der Waals surface area contributed by atoms with Crippen molar-refractivity contribution < 1.29 is 9.18 Å². The summed E-state index contributed by atoms with van der Waals surface area (Å²) in [6.45, 7) is 2.27. The van der Waals surface area contributed by atoms with Crippen LogP contribution in [0, 0.1) is 5.82 Å². The summed E-state index contributed by atoms with van der Waals surface area (Å²) in [6.07, 6.45) is 0. The van der Waals surface area contributed by atoms with E-state index in [4.69, 9.17) is 0 Å². The van der Waals surface area contributed by atoms with Gasteiger partial charge < -0.3 is 10.6 Å². The number of hydrogen-bond donors (Lipinski definition) is 2. The van der Waals surface area contributed by atoms with Crippen molar-refractivity contribution >= 4 is 22.0 Å². The summed E-state index contributed by atoms with van der Waals surface area (Å²) in [5, 5.41) is 5.61. The molecular formula is C16H16BrFN2O. The van der Waals surface area contributed by atoms with Crippen LogP contribution < -0.4 is 10.6 Å². The molecule has 2 N–H and O–H groups in total. The van der Waals surface area contributed by atoms with Gasteiger partial charge in [0.25, 0.3) is 0 Å². The van der Waals surface area contributed by atoms with Crippen LogP contribution in [0.4, 0.5) is 9.18 Å². The van der Waals surface area contributed by atoms with Gasteiger partial charge in [-0.2, -0.15) is 0 Å². The van der Waals surface area contributed by atoms with E-state index in [2.05, 4.69) is 26.6 Å². The minimum absolute atomic E-state index is 0.101. The van der Waals surface area contributed by atoms with Crippen molar-refractivity contribution in [1.82, 2.24) is 10.6 Å². The highest BCUT2D eigenvalue weighted by molar-refractivity contribution is 9.10. The molecule has 0 saturated carbocycles. The molecule has 0 aliphatic carbocycles. The summed E-state index contributed by atoms with van der Waals surface area (Å²) < 4.78 is 13.7. The fourth-order valence-electron chi connectivity index (χ4n) is 1.89. The van der Waals surface area contributed by atoms with E-state index in [1.165, 1.54) is 12.1 Å². The van der Waals surface area contributed by atoms with Gasteiger partial charge in [0.1, 0.15) is 5.82 Å². The SMILES string of the molecule is CC(NC(=O)NCc1ccc(F)cc1)c1cccc(Br)c1. The second kappa shape index (κ2) is 7.22. The van der Waals surface area contributed by atoms with Crippen molar-refractivity contribution in [2.24, 2.45) is 0 Å². The van der Waals surface area contributed by atoms with Crippen LogP contribution in [-0.2, 0) is 6.54 Å². The average molecular weight is 351 g/mol. The van der Waals surface area contributed by atoms with Crippen LogP contribution in [0.25, 0.3) is 0 Å². The first-order chi connectivity index (χ1) is 10.0. The summed E-state index contributed by atoms with van der Waals surface area (Å²) in [7, 11) is 0. The van der Waals surface area contributed by atoms with E-state index in [1.54, 1.807) is 12.1 Å². The lowest BCUT2D eigenvalue weighted by molar-refractivity contribution is 0.237. The highest BCUT2D eigenvalue weighted by Crippen LogP contribution is 2.17. The molecule has 2 rings (SSSR count). The first-order valence-electron chi connectivity index (χ1n) is 6.59. The summed E-state index contributed by atoms with van der Waals surface area (Å²) in [5.74, 6) is -0.286. The molecule has 110 valence electrons. The standard InChI is InChI=1S/C16H16BrFN2O/c1-11(13-3-2-4-14(17)9-13)20-16(21)19-10-12-5-7-15(18)8-6-12/h2-9,11H,10H2,1H3,(H2,19,20,21). The van der Waals surface area contributed by atoms with E-state index < -0.39 is 0 Å². The Morgan fingerprint density at radius 2 is 1.95 bits per heavy atom. The Morgan fingerprint density at radius 3 is 2.62 bits per heavy atom. The Balaban J connectivity index is 1.85. The van der Waals surface area contributed by atoms with E-state index in [0.717, 1.165) is 15.6 Å². The highest BCUT2D eigenvalue weighted by Gasteiger charge is 2.09. The third kappa shape index (κ3) is 4.86. The Kier molecular flexibility index (Phi) is 5.33. The topological polar surface area (TPSA) is 41.1 Å². The Hall–Kier alpha value is -1.88. The molecule has 5 heteroatoms. The molecule has 0 fully saturated rings. The third-order valence-corrected chi connectivity index (χ3v) is 3.56. The molecule has 0 bridgehead atoms. The zero-order chi connectivity index (χ0) is 15.2. The molecule has 0 aliphatic heterocycles. The van der Waals surface area contributed by atoms with E-state index in [0.29, 0.717) is 6.54 Å². The van der Waals surface area contributed by atoms with Gasteiger partial charge >= 0.3 is 6.03 Å². The molecule has 1 atom stereocenters. The number of amides is 2. The fraction of sp³-hybridized carbons (Fsp3) is 0.188. The van der Waals surface area contributed by atoms with Crippen LogP contribution in [0.15, 0.2) is 53.0 Å². The molecule has 0 aliphatic rings. The van der Waals surface area contributed by atoms with Gasteiger partial charge in [-0.15, -0.1) is 0 Å². The van der Waals surface area contributed by atoms with Crippen molar-refractivity contribution in [3.05, 3.63) is 69.9 Å². The molecule has 0 heterocycles. The van der Waals surface area contributed by atoms with Crippen molar-refractivity contribution in [3.63, 3.8) is 0 Å². The number of urea groups is 1. The lowest BCUT2D eigenvalue weighted by Gasteiger charge is -2.15. The number of hydrogen-bond acceptors (Lipinski definition) is 1. The van der Waals surface area contributed by atoms with Gasteiger partial charge in [0.05, 0.1) is 6.04 Å². The van der Waals surface area contributed by atoms with Gasteiger partial charge in [-0.3, -0.25) is 0 Å². The van der Waals surface area contributed by atoms with E-state index in [9.17, 15) is 9.18 Å². The van der Waals surface area contributed by atoms with Gasteiger partial charge in [0, 0.05) is 11.0 Å². The molecule has 0 spiro atoms. The Morgan fingerprint density at radius 1 is 1.24 bits per heavy atom. The first kappa shape index (κ1) is 15.5. The third-order valence-electron chi connectivity index (χ3n) is 3.06. The van der Waals surface area contributed by atoms with Crippen molar-refractivity contribution in [3.8, 4) is 0 Å². The smallest absolute Gasteiger partial charge is 0.315 e. The van der Waals surface area contributed by atoms with Crippen LogP contribution in [0.2, 0.25) is 0 Å². The molecule has 21 heavy (non-hydrogen) atoms. The molecule has 0 aromatic heterocycles. The Bertz CT molecular complexity index is 616.